The number of carbonyl (C=O) groups excluding carboxylic acids is 1. The van der Waals surface area contributed by atoms with Crippen molar-refractivity contribution >= 4 is 11.9 Å². The number of hydrogen-bond donors (Lipinski definition) is 3. The summed E-state index contributed by atoms with van der Waals surface area (Å²) in [7, 11) is 0. The van der Waals surface area contributed by atoms with E-state index in [4.69, 9.17) is 4.42 Å². The van der Waals surface area contributed by atoms with Gasteiger partial charge in [0.1, 0.15) is 6.04 Å². The van der Waals surface area contributed by atoms with Crippen LogP contribution in [0.5, 0.6) is 0 Å². The van der Waals surface area contributed by atoms with Gasteiger partial charge in [0.2, 0.25) is 11.8 Å². The Balaban J connectivity index is 2.46. The van der Waals surface area contributed by atoms with Gasteiger partial charge in [-0.1, -0.05) is 18.9 Å². The Morgan fingerprint density at radius 1 is 1.16 bits per heavy atom. The largest absolute Gasteiger partial charge is 0.407 e. The normalized spacial score (nSPS) is 12.8. The van der Waals surface area contributed by atoms with E-state index in [1.54, 1.807) is 6.92 Å². The van der Waals surface area contributed by atoms with Gasteiger partial charge in [0.05, 0.1) is 6.54 Å². The molecule has 1 heterocycles. The first-order chi connectivity index (χ1) is 8.88. The molecule has 1 aromatic heterocycles. The molecule has 1 amide bonds. The van der Waals surface area contributed by atoms with Gasteiger partial charge >= 0.3 is 6.01 Å². The molecule has 108 valence electrons. The Bertz CT molecular complexity index is 403. The van der Waals surface area contributed by atoms with Crippen molar-refractivity contribution in [3.8, 4) is 0 Å². The molecular formula is C12H23N5O2. The molecular weight excluding hydrogens is 246 g/mol. The number of amides is 1. The zero-order valence-corrected chi connectivity index (χ0v) is 12.2. The lowest BCUT2D eigenvalue weighted by atomic mass is 10.3. The molecule has 7 nitrogen and oxygen atoms in total. The minimum Gasteiger partial charge on any atom is -0.407 e. The molecule has 0 fully saturated rings. The molecule has 0 aliphatic carbocycles. The summed E-state index contributed by atoms with van der Waals surface area (Å²) in [6, 6.07) is 0.282. The average Bonchev–Trinajstić information content (AvgIpc) is 2.73. The van der Waals surface area contributed by atoms with Crippen LogP contribution in [0.1, 0.15) is 40.5 Å². The van der Waals surface area contributed by atoms with Crippen LogP contribution in [0.2, 0.25) is 0 Å². The molecule has 0 aromatic carbocycles. The van der Waals surface area contributed by atoms with Crippen molar-refractivity contribution in [2.75, 3.05) is 5.32 Å². The number of anilines is 1. The second-order valence-electron chi connectivity index (χ2n) is 5.07. The molecule has 1 rings (SSSR count). The molecule has 0 aliphatic heterocycles. The lowest BCUT2D eigenvalue weighted by molar-refractivity contribution is -0.122. The quantitative estimate of drug-likeness (QED) is 0.681. The van der Waals surface area contributed by atoms with E-state index in [0.717, 1.165) is 0 Å². The SMILES string of the molecule is CC(C)NCc1nnc(NC(C)C(=O)NC(C)C)o1. The highest BCUT2D eigenvalue weighted by Crippen LogP contribution is 2.07. The monoisotopic (exact) mass is 269 g/mol. The summed E-state index contributed by atoms with van der Waals surface area (Å²) in [5.74, 6) is 0.391. The molecule has 1 unspecified atom stereocenters. The first-order valence-electron chi connectivity index (χ1n) is 6.51. The lowest BCUT2D eigenvalue weighted by Gasteiger charge is -2.14. The van der Waals surface area contributed by atoms with Gasteiger partial charge in [0, 0.05) is 12.1 Å². The van der Waals surface area contributed by atoms with Crippen molar-refractivity contribution in [3.63, 3.8) is 0 Å². The summed E-state index contributed by atoms with van der Waals surface area (Å²) in [5.41, 5.74) is 0. The van der Waals surface area contributed by atoms with Crippen molar-refractivity contribution in [1.29, 1.82) is 0 Å². The van der Waals surface area contributed by atoms with E-state index < -0.39 is 6.04 Å². The van der Waals surface area contributed by atoms with Crippen molar-refractivity contribution in [2.24, 2.45) is 0 Å². The third-order valence-corrected chi connectivity index (χ3v) is 2.29. The molecule has 0 aliphatic rings. The second kappa shape index (κ2) is 7.08. The smallest absolute Gasteiger partial charge is 0.316 e. The van der Waals surface area contributed by atoms with Gasteiger partial charge in [-0.2, -0.15) is 0 Å². The third kappa shape index (κ3) is 5.69. The van der Waals surface area contributed by atoms with Crippen LogP contribution in [-0.2, 0) is 11.3 Å². The summed E-state index contributed by atoms with van der Waals surface area (Å²) in [6.45, 7) is 10.1. The maximum Gasteiger partial charge on any atom is 0.316 e. The van der Waals surface area contributed by atoms with E-state index in [9.17, 15) is 4.79 Å². The van der Waals surface area contributed by atoms with Gasteiger partial charge in [-0.15, -0.1) is 5.10 Å². The Morgan fingerprint density at radius 2 is 1.84 bits per heavy atom. The highest BCUT2D eigenvalue weighted by molar-refractivity contribution is 5.83. The summed E-state index contributed by atoms with van der Waals surface area (Å²) < 4.78 is 5.38. The highest BCUT2D eigenvalue weighted by Gasteiger charge is 2.16. The molecule has 1 atom stereocenters. The van der Waals surface area contributed by atoms with E-state index in [2.05, 4.69) is 26.1 Å². The van der Waals surface area contributed by atoms with Crippen LogP contribution >= 0.6 is 0 Å². The zero-order valence-electron chi connectivity index (χ0n) is 12.2. The van der Waals surface area contributed by atoms with E-state index >= 15 is 0 Å². The molecule has 0 radical (unpaired) electrons. The minimum atomic E-state index is -0.422. The Kier molecular flexibility index (Phi) is 5.75. The Labute approximate surface area is 113 Å². The van der Waals surface area contributed by atoms with Crippen LogP contribution in [0.25, 0.3) is 0 Å². The molecule has 0 bridgehead atoms. The van der Waals surface area contributed by atoms with Crippen LogP contribution in [0.4, 0.5) is 6.01 Å². The second-order valence-corrected chi connectivity index (χ2v) is 5.07. The molecule has 3 N–H and O–H groups in total. The van der Waals surface area contributed by atoms with E-state index in [1.165, 1.54) is 0 Å². The van der Waals surface area contributed by atoms with Crippen LogP contribution in [0, 0.1) is 0 Å². The Hall–Kier alpha value is -1.63. The van der Waals surface area contributed by atoms with Crippen molar-refractivity contribution < 1.29 is 9.21 Å². The molecule has 1 aromatic rings. The summed E-state index contributed by atoms with van der Waals surface area (Å²) in [6.07, 6.45) is 0. The van der Waals surface area contributed by atoms with Gasteiger partial charge in [0.15, 0.2) is 0 Å². The average molecular weight is 269 g/mol. The highest BCUT2D eigenvalue weighted by atomic mass is 16.4. The molecule has 0 saturated heterocycles. The molecule has 19 heavy (non-hydrogen) atoms. The molecule has 7 heteroatoms. The number of nitrogens with zero attached hydrogens (tertiary/aromatic N) is 2. The van der Waals surface area contributed by atoms with Crippen LogP contribution in [0.15, 0.2) is 4.42 Å². The number of carbonyl (C=O) groups is 1. The number of nitrogens with one attached hydrogen (secondary N) is 3. The predicted octanol–water partition coefficient (Wildman–Crippen LogP) is 0.893. The van der Waals surface area contributed by atoms with Crippen molar-refractivity contribution in [2.45, 2.75) is 59.3 Å². The van der Waals surface area contributed by atoms with Gasteiger partial charge in [-0.05, 0) is 20.8 Å². The number of hydrogen-bond acceptors (Lipinski definition) is 6. The van der Waals surface area contributed by atoms with E-state index in [0.29, 0.717) is 18.5 Å². The van der Waals surface area contributed by atoms with Gasteiger partial charge in [-0.3, -0.25) is 4.79 Å². The van der Waals surface area contributed by atoms with Gasteiger partial charge in [0.25, 0.3) is 0 Å². The first-order valence-corrected chi connectivity index (χ1v) is 6.51. The standard InChI is InChI=1S/C12H23N5O2/c1-7(2)13-6-10-16-17-12(19-10)15-9(5)11(18)14-8(3)4/h7-9,13H,6H2,1-5H3,(H,14,18)(H,15,17). The number of aromatic nitrogens is 2. The maximum atomic E-state index is 11.7. The van der Waals surface area contributed by atoms with Gasteiger partial charge < -0.3 is 20.4 Å². The fourth-order valence-corrected chi connectivity index (χ4v) is 1.34. The zero-order chi connectivity index (χ0) is 14.4. The topological polar surface area (TPSA) is 92.1 Å². The van der Waals surface area contributed by atoms with Crippen molar-refractivity contribution in [3.05, 3.63) is 5.89 Å². The molecule has 0 saturated carbocycles. The predicted molar refractivity (Wildman–Crippen MR) is 72.6 cm³/mol. The minimum absolute atomic E-state index is 0.102. The van der Waals surface area contributed by atoms with Crippen LogP contribution < -0.4 is 16.0 Å². The summed E-state index contributed by atoms with van der Waals surface area (Å²) >= 11 is 0. The lowest BCUT2D eigenvalue weighted by Crippen LogP contribution is -2.41. The fourth-order valence-electron chi connectivity index (χ4n) is 1.34. The summed E-state index contributed by atoms with van der Waals surface area (Å²) in [4.78, 5) is 11.7. The maximum absolute atomic E-state index is 11.7. The fraction of sp³-hybridized carbons (Fsp3) is 0.750. The Morgan fingerprint density at radius 3 is 2.42 bits per heavy atom. The van der Waals surface area contributed by atoms with Crippen molar-refractivity contribution in [1.82, 2.24) is 20.8 Å². The third-order valence-electron chi connectivity index (χ3n) is 2.29. The summed E-state index contributed by atoms with van der Waals surface area (Å²) in [5, 5.41) is 16.6. The van der Waals surface area contributed by atoms with Crippen LogP contribution in [-0.4, -0.2) is 34.2 Å². The molecule has 0 spiro atoms. The number of rotatable bonds is 7. The van der Waals surface area contributed by atoms with E-state index in [1.807, 2.05) is 27.7 Å². The van der Waals surface area contributed by atoms with Gasteiger partial charge in [-0.25, -0.2) is 0 Å². The van der Waals surface area contributed by atoms with Crippen LogP contribution in [0.3, 0.4) is 0 Å². The van der Waals surface area contributed by atoms with E-state index in [-0.39, 0.29) is 18.0 Å². The first kappa shape index (κ1) is 15.4.